The van der Waals surface area contributed by atoms with E-state index in [-0.39, 0.29) is 0 Å². The summed E-state index contributed by atoms with van der Waals surface area (Å²) in [6.07, 6.45) is 1.77. The van der Waals surface area contributed by atoms with Crippen molar-refractivity contribution in [2.45, 2.75) is 34.2 Å². The van der Waals surface area contributed by atoms with E-state index < -0.39 is 0 Å². The van der Waals surface area contributed by atoms with E-state index in [0.29, 0.717) is 17.7 Å². The van der Waals surface area contributed by atoms with Crippen LogP contribution in [0.2, 0.25) is 0 Å². The van der Waals surface area contributed by atoms with Crippen molar-refractivity contribution in [2.24, 2.45) is 0 Å². The van der Waals surface area contributed by atoms with E-state index in [0.717, 1.165) is 31.9 Å². The molecule has 0 saturated heterocycles. The molecule has 0 bridgehead atoms. The normalized spacial score (nSPS) is 10.7. The van der Waals surface area contributed by atoms with Crippen molar-refractivity contribution in [3.63, 3.8) is 0 Å². The first-order valence-corrected chi connectivity index (χ1v) is 7.50. The lowest BCUT2D eigenvalue weighted by molar-refractivity contribution is 0.663. The maximum Gasteiger partial charge on any atom is 0.230 e. The second-order valence-electron chi connectivity index (χ2n) is 4.52. The van der Waals surface area contributed by atoms with Crippen molar-refractivity contribution >= 4 is 11.9 Å². The molecule has 2 rings (SSSR count). The van der Waals surface area contributed by atoms with Gasteiger partial charge in [-0.25, -0.2) is 0 Å². The number of aryl methyl sites for hydroxylation is 1. The van der Waals surface area contributed by atoms with Crippen LogP contribution in [0.3, 0.4) is 0 Å². The van der Waals surface area contributed by atoms with Crippen molar-refractivity contribution in [2.75, 3.05) is 29.9 Å². The Kier molecular flexibility index (Phi) is 5.08. The average Bonchev–Trinajstić information content (AvgIpc) is 2.97. The molecule has 0 fully saturated rings. The van der Waals surface area contributed by atoms with Gasteiger partial charge in [0.1, 0.15) is 5.69 Å². The molecule has 7 nitrogen and oxygen atoms in total. The van der Waals surface area contributed by atoms with Gasteiger partial charge in [0.15, 0.2) is 5.82 Å². The van der Waals surface area contributed by atoms with Crippen LogP contribution in [0.25, 0.3) is 11.5 Å². The summed E-state index contributed by atoms with van der Waals surface area (Å²) < 4.78 is 1.89. The van der Waals surface area contributed by atoms with Crippen molar-refractivity contribution in [1.82, 2.24) is 24.7 Å². The third-order valence-electron chi connectivity index (χ3n) is 3.25. The maximum absolute atomic E-state index is 4.61. The first-order valence-electron chi connectivity index (χ1n) is 7.50. The molecule has 1 N–H and O–H groups in total. The molecule has 0 amide bonds. The monoisotopic (exact) mass is 289 g/mol. The summed E-state index contributed by atoms with van der Waals surface area (Å²) in [5.41, 5.74) is 0.910. The van der Waals surface area contributed by atoms with Crippen LogP contribution < -0.4 is 10.2 Å². The highest BCUT2D eigenvalue weighted by Crippen LogP contribution is 2.19. The maximum atomic E-state index is 4.61. The highest BCUT2D eigenvalue weighted by Gasteiger charge is 2.14. The molecule has 7 heteroatoms. The van der Waals surface area contributed by atoms with Gasteiger partial charge in [-0.1, -0.05) is 0 Å². The fourth-order valence-corrected chi connectivity index (χ4v) is 2.14. The molecule has 0 aliphatic carbocycles. The number of aromatic nitrogens is 5. The van der Waals surface area contributed by atoms with Gasteiger partial charge in [-0.05, 0) is 33.8 Å². The van der Waals surface area contributed by atoms with Gasteiger partial charge >= 0.3 is 0 Å². The largest absolute Gasteiger partial charge is 0.354 e. The Bertz CT molecular complexity index is 574. The SMILES string of the molecule is CCNc1nc(-c2ccnn2CC)nc(N(CC)CC)n1. The lowest BCUT2D eigenvalue weighted by Gasteiger charge is -2.19. The van der Waals surface area contributed by atoms with Crippen molar-refractivity contribution < 1.29 is 0 Å². The van der Waals surface area contributed by atoms with Crippen LogP contribution in [0, 0.1) is 0 Å². The van der Waals surface area contributed by atoms with Crippen LogP contribution in [-0.4, -0.2) is 44.4 Å². The molecule has 2 aromatic rings. The van der Waals surface area contributed by atoms with Crippen LogP contribution in [0.15, 0.2) is 12.3 Å². The van der Waals surface area contributed by atoms with Gasteiger partial charge in [-0.2, -0.15) is 20.1 Å². The summed E-state index contributed by atoms with van der Waals surface area (Å²) in [5, 5.41) is 7.46. The number of hydrogen-bond acceptors (Lipinski definition) is 6. The molecule has 0 aliphatic heterocycles. The van der Waals surface area contributed by atoms with Crippen LogP contribution in [-0.2, 0) is 6.54 Å². The van der Waals surface area contributed by atoms with Crippen LogP contribution >= 0.6 is 0 Å². The second-order valence-corrected chi connectivity index (χ2v) is 4.52. The molecule has 0 aliphatic rings. The average molecular weight is 289 g/mol. The molecule has 2 aromatic heterocycles. The molecule has 0 unspecified atom stereocenters. The van der Waals surface area contributed by atoms with Gasteiger partial charge in [-0.15, -0.1) is 0 Å². The Morgan fingerprint density at radius 2 is 1.86 bits per heavy atom. The number of rotatable bonds is 7. The van der Waals surface area contributed by atoms with E-state index in [2.05, 4.69) is 44.1 Å². The molecule has 0 aromatic carbocycles. The topological polar surface area (TPSA) is 71.8 Å². The number of nitrogens with zero attached hydrogens (tertiary/aromatic N) is 6. The molecule has 0 atom stereocenters. The molecule has 0 spiro atoms. The van der Waals surface area contributed by atoms with Gasteiger partial charge in [0.2, 0.25) is 11.9 Å². The fourth-order valence-electron chi connectivity index (χ4n) is 2.14. The predicted octanol–water partition coefficient (Wildman–Crippen LogP) is 2.03. The minimum Gasteiger partial charge on any atom is -0.354 e. The van der Waals surface area contributed by atoms with Crippen LogP contribution in [0.4, 0.5) is 11.9 Å². The number of hydrogen-bond donors (Lipinski definition) is 1. The lowest BCUT2D eigenvalue weighted by Crippen LogP contribution is -2.25. The van der Waals surface area contributed by atoms with Gasteiger partial charge in [0, 0.05) is 32.4 Å². The first kappa shape index (κ1) is 15.2. The molecule has 0 radical (unpaired) electrons. The minimum absolute atomic E-state index is 0.605. The Balaban J connectivity index is 2.49. The number of nitrogens with one attached hydrogen (secondary N) is 1. The summed E-state index contributed by atoms with van der Waals surface area (Å²) in [6, 6.07) is 1.93. The van der Waals surface area contributed by atoms with E-state index >= 15 is 0 Å². The zero-order chi connectivity index (χ0) is 15.2. The summed E-state index contributed by atoms with van der Waals surface area (Å²) in [7, 11) is 0. The van der Waals surface area contributed by atoms with Gasteiger partial charge < -0.3 is 10.2 Å². The zero-order valence-corrected chi connectivity index (χ0v) is 13.2. The molecule has 114 valence electrons. The Morgan fingerprint density at radius 1 is 1.10 bits per heavy atom. The van der Waals surface area contributed by atoms with E-state index in [1.165, 1.54) is 0 Å². The molecule has 2 heterocycles. The summed E-state index contributed by atoms with van der Waals surface area (Å²) in [4.78, 5) is 15.7. The van der Waals surface area contributed by atoms with Crippen molar-refractivity contribution in [3.05, 3.63) is 12.3 Å². The number of anilines is 2. The predicted molar refractivity (Wildman–Crippen MR) is 84.4 cm³/mol. The first-order chi connectivity index (χ1) is 10.2. The summed E-state index contributed by atoms with van der Waals surface area (Å²) >= 11 is 0. The van der Waals surface area contributed by atoms with Gasteiger partial charge in [0.25, 0.3) is 0 Å². The van der Waals surface area contributed by atoms with Gasteiger partial charge in [0.05, 0.1) is 0 Å². The third kappa shape index (κ3) is 3.29. The molecular weight excluding hydrogens is 266 g/mol. The van der Waals surface area contributed by atoms with Crippen LogP contribution in [0.1, 0.15) is 27.7 Å². The van der Waals surface area contributed by atoms with Crippen LogP contribution in [0.5, 0.6) is 0 Å². The highest BCUT2D eigenvalue weighted by atomic mass is 15.3. The standard InChI is InChI=1S/C14H23N7/c1-5-15-13-17-12(11-9-10-16-21(11)8-4)18-14(19-13)20(6-2)7-3/h9-10H,5-8H2,1-4H3,(H,15,17,18,19). The molecular formula is C14H23N7. The Hall–Kier alpha value is -2.18. The van der Waals surface area contributed by atoms with Gasteiger partial charge in [-0.3, -0.25) is 4.68 Å². The fraction of sp³-hybridized carbons (Fsp3) is 0.571. The van der Waals surface area contributed by atoms with E-state index in [9.17, 15) is 0 Å². The molecule has 21 heavy (non-hydrogen) atoms. The smallest absolute Gasteiger partial charge is 0.230 e. The molecule has 0 saturated carbocycles. The van der Waals surface area contributed by atoms with E-state index in [1.807, 2.05) is 24.6 Å². The lowest BCUT2D eigenvalue weighted by atomic mass is 10.4. The summed E-state index contributed by atoms with van der Waals surface area (Å²) in [5.74, 6) is 1.96. The van der Waals surface area contributed by atoms with E-state index in [1.54, 1.807) is 6.20 Å². The highest BCUT2D eigenvalue weighted by molar-refractivity contribution is 5.54. The second kappa shape index (κ2) is 7.01. The minimum atomic E-state index is 0.605. The summed E-state index contributed by atoms with van der Waals surface area (Å²) in [6.45, 7) is 11.5. The van der Waals surface area contributed by atoms with Crippen molar-refractivity contribution in [1.29, 1.82) is 0 Å². The van der Waals surface area contributed by atoms with Crippen molar-refractivity contribution in [3.8, 4) is 11.5 Å². The third-order valence-corrected chi connectivity index (χ3v) is 3.25. The Labute approximate surface area is 125 Å². The zero-order valence-electron chi connectivity index (χ0n) is 13.2. The van der Waals surface area contributed by atoms with E-state index in [4.69, 9.17) is 0 Å². The Morgan fingerprint density at radius 3 is 2.48 bits per heavy atom. The quantitative estimate of drug-likeness (QED) is 0.841.